The summed E-state index contributed by atoms with van der Waals surface area (Å²) in [6, 6.07) is 7.68. The monoisotopic (exact) mass is 579 g/mol. The zero-order valence-electron chi connectivity index (χ0n) is 23.5. The minimum atomic E-state index is -0.803. The molecule has 12 nitrogen and oxygen atoms in total. The molecule has 0 aliphatic carbocycles. The molecule has 2 N–H and O–H groups in total. The number of nitrogens with one attached hydrogen (secondary N) is 1. The highest BCUT2D eigenvalue weighted by atomic mass is 32.1. The van der Waals surface area contributed by atoms with E-state index < -0.39 is 5.82 Å². The van der Waals surface area contributed by atoms with Gasteiger partial charge in [0.25, 0.3) is 5.91 Å². The summed E-state index contributed by atoms with van der Waals surface area (Å²) in [5, 5.41) is 13.0. The van der Waals surface area contributed by atoms with Crippen LogP contribution in [-0.4, -0.2) is 70.2 Å². The third-order valence-electron chi connectivity index (χ3n) is 6.98. The fourth-order valence-electron chi connectivity index (χ4n) is 4.94. The smallest absolute Gasteiger partial charge is 0.396 e. The van der Waals surface area contributed by atoms with Gasteiger partial charge in [0, 0.05) is 38.8 Å². The molecule has 4 heterocycles. The summed E-state index contributed by atoms with van der Waals surface area (Å²) < 4.78 is 10.3. The van der Waals surface area contributed by atoms with Gasteiger partial charge in [-0.3, -0.25) is 14.6 Å². The quantitative estimate of drug-likeness (QED) is 0.301. The van der Waals surface area contributed by atoms with Gasteiger partial charge in [-0.15, -0.1) is 0 Å². The molecule has 216 valence electrons. The Labute approximate surface area is 241 Å². The van der Waals surface area contributed by atoms with E-state index in [0.717, 1.165) is 48.8 Å². The molecule has 0 saturated carbocycles. The molecule has 5 rings (SSSR count). The fraction of sp³-hybridized carbons (Fsp3) is 0.393. The van der Waals surface area contributed by atoms with Crippen molar-refractivity contribution in [1.82, 2.24) is 19.9 Å². The van der Waals surface area contributed by atoms with Crippen LogP contribution in [0.25, 0.3) is 0 Å². The summed E-state index contributed by atoms with van der Waals surface area (Å²) in [6.45, 7) is 11.5. The number of benzene rings is 1. The van der Waals surface area contributed by atoms with E-state index in [0.29, 0.717) is 34.0 Å². The number of hydrogen-bond donors (Lipinski definition) is 2. The van der Waals surface area contributed by atoms with Gasteiger partial charge in [0.1, 0.15) is 28.1 Å². The van der Waals surface area contributed by atoms with Crippen molar-refractivity contribution in [3.63, 3.8) is 0 Å². The lowest BCUT2D eigenvalue weighted by molar-refractivity contribution is 0.0986. The van der Waals surface area contributed by atoms with Crippen LogP contribution in [0.2, 0.25) is 0 Å². The number of aliphatic hydroxyl groups excluding tert-OH is 1. The Balaban J connectivity index is 1.37. The highest BCUT2D eigenvalue weighted by molar-refractivity contribution is 7.17. The number of carbonyl (C=O) groups excluding carboxylic acids is 1. The van der Waals surface area contributed by atoms with Gasteiger partial charge >= 0.3 is 5.82 Å². The van der Waals surface area contributed by atoms with E-state index in [1.54, 1.807) is 11.8 Å². The fourth-order valence-corrected chi connectivity index (χ4v) is 5.71. The first-order valence-electron chi connectivity index (χ1n) is 13.4. The Morgan fingerprint density at radius 3 is 2.49 bits per heavy atom. The van der Waals surface area contributed by atoms with Crippen molar-refractivity contribution in [1.29, 1.82) is 0 Å². The van der Waals surface area contributed by atoms with Crippen molar-refractivity contribution in [2.45, 2.75) is 34.2 Å². The van der Waals surface area contributed by atoms with E-state index in [4.69, 9.17) is 8.83 Å². The van der Waals surface area contributed by atoms with Gasteiger partial charge in [-0.25, -0.2) is 19.7 Å². The van der Waals surface area contributed by atoms with Gasteiger partial charge in [0.05, 0.1) is 25.0 Å². The second-order valence-corrected chi connectivity index (χ2v) is 11.0. The molecule has 3 aromatic heterocycles. The minimum absolute atomic E-state index is 0.0306. The van der Waals surface area contributed by atoms with E-state index in [1.807, 2.05) is 45.0 Å². The van der Waals surface area contributed by atoms with Crippen molar-refractivity contribution >= 4 is 39.7 Å². The minimum Gasteiger partial charge on any atom is -0.396 e. The van der Waals surface area contributed by atoms with Crippen molar-refractivity contribution < 1.29 is 18.7 Å². The molecule has 1 aliphatic rings. The molecule has 0 radical (unpaired) electrons. The first-order chi connectivity index (χ1) is 19.7. The number of rotatable bonds is 9. The maximum absolute atomic E-state index is 13.9. The van der Waals surface area contributed by atoms with Crippen molar-refractivity contribution in [2.75, 3.05) is 54.4 Å². The normalized spacial score (nSPS) is 13.9. The largest absolute Gasteiger partial charge is 0.519 e. The summed E-state index contributed by atoms with van der Waals surface area (Å²) in [5.74, 6) is 1.55. The first-order valence-corrected chi connectivity index (χ1v) is 14.2. The lowest BCUT2D eigenvalue weighted by Gasteiger charge is -2.35. The number of aryl methyl sites for hydroxylation is 4. The van der Waals surface area contributed by atoms with Crippen molar-refractivity contribution in [3.8, 4) is 0 Å². The molecular weight excluding hydrogens is 546 g/mol. The molecule has 0 spiro atoms. The Morgan fingerprint density at radius 1 is 1.10 bits per heavy atom. The maximum Gasteiger partial charge on any atom is 0.519 e. The zero-order chi connectivity index (χ0) is 29.1. The van der Waals surface area contributed by atoms with E-state index >= 15 is 0 Å². The Kier molecular flexibility index (Phi) is 8.47. The molecule has 41 heavy (non-hydrogen) atoms. The number of piperazine rings is 1. The van der Waals surface area contributed by atoms with Crippen LogP contribution in [0.4, 0.5) is 22.5 Å². The lowest BCUT2D eigenvalue weighted by atomic mass is 10.1. The SMILES string of the molecule is Cc1nc(Nc2ncc(C(=O)N(Cc3oc(=O)oc3C)c3c(C)cccc3C)s2)cc(N2CCN(CCO)CC2)n1. The molecule has 0 unspecified atom stereocenters. The van der Waals surface area contributed by atoms with Crippen molar-refractivity contribution in [2.24, 2.45) is 0 Å². The van der Waals surface area contributed by atoms with Crippen LogP contribution in [0.1, 0.15) is 38.1 Å². The number of nitrogens with zero attached hydrogens (tertiary/aromatic N) is 6. The standard InChI is InChI=1S/C28H33N7O5S/c1-17-6-5-7-18(2)25(17)35(16-21-19(3)39-28(38)40-21)26(37)22-15-29-27(41-22)32-23-14-24(31-20(4)30-23)34-10-8-33(9-11-34)12-13-36/h5-7,14-15,36H,8-13,16H2,1-4H3,(H,29,30,31,32). The lowest BCUT2D eigenvalue weighted by Crippen LogP contribution is -2.47. The number of β-amino-alcohol motifs (C(OH)–C–C–N with tert-alkyl or cyclic N) is 1. The Morgan fingerprint density at radius 2 is 1.83 bits per heavy atom. The third-order valence-corrected chi connectivity index (χ3v) is 7.88. The molecule has 13 heteroatoms. The molecule has 1 aliphatic heterocycles. The number of anilines is 4. The third kappa shape index (κ3) is 6.47. The summed E-state index contributed by atoms with van der Waals surface area (Å²) in [4.78, 5) is 45.6. The number of aromatic nitrogens is 3. The van der Waals surface area contributed by atoms with Crippen LogP contribution in [0.3, 0.4) is 0 Å². The Bertz CT molecular complexity index is 1570. The van der Waals surface area contributed by atoms with E-state index in [-0.39, 0.29) is 24.8 Å². The number of hydrogen-bond acceptors (Lipinski definition) is 12. The number of amides is 1. The topological polar surface area (TPSA) is 141 Å². The first kappa shape index (κ1) is 28.5. The summed E-state index contributed by atoms with van der Waals surface area (Å²) in [7, 11) is 0. The summed E-state index contributed by atoms with van der Waals surface area (Å²) in [5.41, 5.74) is 2.55. The van der Waals surface area contributed by atoms with Crippen LogP contribution in [-0.2, 0) is 6.54 Å². The van der Waals surface area contributed by atoms with Crippen LogP contribution < -0.4 is 20.9 Å². The second-order valence-electron chi connectivity index (χ2n) is 9.93. The molecule has 4 aromatic rings. The van der Waals surface area contributed by atoms with Crippen LogP contribution >= 0.6 is 11.3 Å². The van der Waals surface area contributed by atoms with Crippen LogP contribution in [0.5, 0.6) is 0 Å². The molecule has 1 aromatic carbocycles. The van der Waals surface area contributed by atoms with Gasteiger partial charge in [-0.05, 0) is 38.8 Å². The van der Waals surface area contributed by atoms with Gasteiger partial charge < -0.3 is 24.2 Å². The van der Waals surface area contributed by atoms with Gasteiger partial charge in [0.15, 0.2) is 10.9 Å². The molecular formula is C28H33N7O5S. The number of carbonyl (C=O) groups is 1. The van der Waals surface area contributed by atoms with Gasteiger partial charge in [-0.1, -0.05) is 29.5 Å². The van der Waals surface area contributed by atoms with Crippen molar-refractivity contribution in [3.05, 3.63) is 74.4 Å². The molecule has 1 amide bonds. The molecule has 1 saturated heterocycles. The average Bonchev–Trinajstić information content (AvgIpc) is 3.52. The molecule has 0 bridgehead atoms. The van der Waals surface area contributed by atoms with E-state index in [9.17, 15) is 14.7 Å². The van der Waals surface area contributed by atoms with Crippen LogP contribution in [0.15, 0.2) is 44.1 Å². The van der Waals surface area contributed by atoms with E-state index in [2.05, 4.69) is 30.1 Å². The second kappa shape index (κ2) is 12.2. The zero-order valence-corrected chi connectivity index (χ0v) is 24.3. The number of aliphatic hydroxyl groups is 1. The highest BCUT2D eigenvalue weighted by Gasteiger charge is 2.26. The average molecular weight is 580 g/mol. The van der Waals surface area contributed by atoms with Gasteiger partial charge in [0.2, 0.25) is 0 Å². The predicted octanol–water partition coefficient (Wildman–Crippen LogP) is 3.42. The Hall–Kier alpha value is -4.07. The van der Waals surface area contributed by atoms with Crippen LogP contribution in [0, 0.1) is 27.7 Å². The van der Waals surface area contributed by atoms with E-state index in [1.165, 1.54) is 17.5 Å². The number of para-hydroxylation sites is 1. The molecule has 0 atom stereocenters. The summed E-state index contributed by atoms with van der Waals surface area (Å²) >= 11 is 1.21. The van der Waals surface area contributed by atoms with Gasteiger partial charge in [-0.2, -0.15) is 0 Å². The number of thiazole rings is 1. The predicted molar refractivity (Wildman–Crippen MR) is 156 cm³/mol. The summed E-state index contributed by atoms with van der Waals surface area (Å²) in [6.07, 6.45) is 1.53. The molecule has 1 fully saturated rings. The maximum atomic E-state index is 13.9. The highest BCUT2D eigenvalue weighted by Crippen LogP contribution is 2.31.